The molecule has 0 spiro atoms. The van der Waals surface area contributed by atoms with E-state index in [9.17, 15) is 0 Å². The minimum Gasteiger partial charge on any atom is -0.369 e. The van der Waals surface area contributed by atoms with Gasteiger partial charge in [0.15, 0.2) is 5.95 Å². The van der Waals surface area contributed by atoms with E-state index in [4.69, 9.17) is 17.3 Å². The van der Waals surface area contributed by atoms with Crippen LogP contribution in [-0.4, -0.2) is 43.3 Å². The number of rotatable bonds is 3. The Morgan fingerprint density at radius 1 is 1.20 bits per heavy atom. The van der Waals surface area contributed by atoms with Gasteiger partial charge in [-0.3, -0.25) is 0 Å². The van der Waals surface area contributed by atoms with Crippen LogP contribution in [0.3, 0.4) is 0 Å². The van der Waals surface area contributed by atoms with Gasteiger partial charge in [-0.25, -0.2) is 4.98 Å². The second-order valence-electron chi connectivity index (χ2n) is 6.25. The van der Waals surface area contributed by atoms with E-state index in [1.807, 2.05) is 31.2 Å². The third-order valence-corrected chi connectivity index (χ3v) is 4.90. The van der Waals surface area contributed by atoms with Gasteiger partial charge in [0.1, 0.15) is 0 Å². The van der Waals surface area contributed by atoms with Crippen LogP contribution >= 0.6 is 11.6 Å². The molecule has 1 fully saturated rings. The number of tetrazole rings is 1. The zero-order valence-corrected chi connectivity index (χ0v) is 14.6. The fourth-order valence-electron chi connectivity index (χ4n) is 3.39. The number of aromatic amines is 1. The number of imidazole rings is 1. The van der Waals surface area contributed by atoms with Crippen molar-refractivity contribution in [3.05, 3.63) is 40.7 Å². The molecule has 2 aromatic heterocycles. The number of hydrogen-bond acceptors (Lipinski definition) is 6. The van der Waals surface area contributed by atoms with Crippen LogP contribution in [0.4, 0.5) is 11.9 Å². The number of nitrogen functional groups attached to an aromatic ring is 1. The standard InChI is InChI=1S/C16H19ClN8/c1-10-14(20-15(18)19-10)11-6-8-24(9-7-11)16-21-22-23-25(16)13-4-2-12(17)3-5-13/h2-5,11H,6-9H2,1H3,(H3,18,19,20). The highest BCUT2D eigenvalue weighted by molar-refractivity contribution is 6.30. The van der Waals surface area contributed by atoms with E-state index in [0.717, 1.165) is 49.0 Å². The summed E-state index contributed by atoms with van der Waals surface area (Å²) in [6.07, 6.45) is 1.99. The van der Waals surface area contributed by atoms with Crippen LogP contribution in [0.25, 0.3) is 5.69 Å². The average Bonchev–Trinajstić information content (AvgIpc) is 3.22. The number of nitrogens with two attached hydrogens (primary N) is 1. The van der Waals surface area contributed by atoms with Crippen molar-refractivity contribution in [2.24, 2.45) is 0 Å². The van der Waals surface area contributed by atoms with E-state index in [-0.39, 0.29) is 0 Å². The molecule has 1 aromatic carbocycles. The number of piperidine rings is 1. The molecule has 0 aliphatic carbocycles. The molecule has 3 aromatic rings. The number of halogens is 1. The van der Waals surface area contributed by atoms with Crippen LogP contribution in [0.15, 0.2) is 24.3 Å². The quantitative estimate of drug-likeness (QED) is 0.745. The van der Waals surface area contributed by atoms with Crippen molar-refractivity contribution in [1.29, 1.82) is 0 Å². The van der Waals surface area contributed by atoms with Gasteiger partial charge in [-0.1, -0.05) is 16.7 Å². The van der Waals surface area contributed by atoms with Gasteiger partial charge in [0, 0.05) is 29.7 Å². The molecule has 0 atom stereocenters. The maximum Gasteiger partial charge on any atom is 0.250 e. The Morgan fingerprint density at radius 3 is 2.56 bits per heavy atom. The Morgan fingerprint density at radius 2 is 1.92 bits per heavy atom. The zero-order valence-electron chi connectivity index (χ0n) is 13.9. The molecule has 0 radical (unpaired) electrons. The lowest BCUT2D eigenvalue weighted by Gasteiger charge is -2.31. The summed E-state index contributed by atoms with van der Waals surface area (Å²) >= 11 is 5.96. The van der Waals surface area contributed by atoms with Crippen molar-refractivity contribution in [2.45, 2.75) is 25.7 Å². The van der Waals surface area contributed by atoms with Gasteiger partial charge in [-0.2, -0.15) is 4.68 Å². The third kappa shape index (κ3) is 3.05. The minimum absolute atomic E-state index is 0.431. The molecule has 0 bridgehead atoms. The number of H-pyrrole nitrogens is 1. The van der Waals surface area contributed by atoms with Gasteiger partial charge < -0.3 is 15.6 Å². The molecule has 0 saturated carbocycles. The molecule has 8 nitrogen and oxygen atoms in total. The van der Waals surface area contributed by atoms with E-state index in [1.54, 1.807) is 4.68 Å². The fraction of sp³-hybridized carbons (Fsp3) is 0.375. The molecule has 4 rings (SSSR count). The van der Waals surface area contributed by atoms with Gasteiger partial charge >= 0.3 is 0 Å². The average molecular weight is 359 g/mol. The van der Waals surface area contributed by atoms with Crippen molar-refractivity contribution >= 4 is 23.5 Å². The maximum absolute atomic E-state index is 5.96. The Kier molecular flexibility index (Phi) is 4.04. The Balaban J connectivity index is 1.51. The van der Waals surface area contributed by atoms with Crippen LogP contribution < -0.4 is 10.6 Å². The molecule has 3 heterocycles. The summed E-state index contributed by atoms with van der Waals surface area (Å²) < 4.78 is 1.75. The first kappa shape index (κ1) is 15.9. The third-order valence-electron chi connectivity index (χ3n) is 4.65. The van der Waals surface area contributed by atoms with Gasteiger partial charge in [-0.05, 0) is 54.5 Å². The van der Waals surface area contributed by atoms with Crippen molar-refractivity contribution in [3.63, 3.8) is 0 Å². The monoisotopic (exact) mass is 358 g/mol. The normalized spacial score (nSPS) is 15.7. The van der Waals surface area contributed by atoms with Crippen LogP contribution in [0.1, 0.15) is 30.1 Å². The summed E-state index contributed by atoms with van der Waals surface area (Å²) in [5.41, 5.74) is 8.80. The van der Waals surface area contributed by atoms with E-state index in [0.29, 0.717) is 16.9 Å². The first-order valence-corrected chi connectivity index (χ1v) is 8.61. The van der Waals surface area contributed by atoms with Gasteiger partial charge in [0.2, 0.25) is 5.95 Å². The highest BCUT2D eigenvalue weighted by atomic mass is 35.5. The van der Waals surface area contributed by atoms with Gasteiger partial charge in [-0.15, -0.1) is 0 Å². The second-order valence-corrected chi connectivity index (χ2v) is 6.69. The van der Waals surface area contributed by atoms with Gasteiger partial charge in [0.05, 0.1) is 11.4 Å². The topological polar surface area (TPSA) is 102 Å². The number of aryl methyl sites for hydroxylation is 1. The lowest BCUT2D eigenvalue weighted by molar-refractivity contribution is 0.488. The van der Waals surface area contributed by atoms with Crippen molar-refractivity contribution in [3.8, 4) is 5.69 Å². The Hall–Kier alpha value is -2.61. The molecule has 1 saturated heterocycles. The SMILES string of the molecule is Cc1nc(N)[nH]c1C1CCN(c2nnnn2-c2ccc(Cl)cc2)CC1. The summed E-state index contributed by atoms with van der Waals surface area (Å²) in [6, 6.07) is 7.48. The van der Waals surface area contributed by atoms with Gasteiger partial charge in [0.25, 0.3) is 0 Å². The lowest BCUT2D eigenvalue weighted by Crippen LogP contribution is -2.35. The molecule has 1 aliphatic heterocycles. The van der Waals surface area contributed by atoms with E-state index in [1.165, 1.54) is 0 Å². The van der Waals surface area contributed by atoms with Crippen LogP contribution in [-0.2, 0) is 0 Å². The molecular formula is C16H19ClN8. The molecule has 130 valence electrons. The number of nitrogens with one attached hydrogen (secondary N) is 1. The number of aromatic nitrogens is 6. The van der Waals surface area contributed by atoms with Crippen molar-refractivity contribution in [2.75, 3.05) is 23.7 Å². The summed E-state index contributed by atoms with van der Waals surface area (Å²) in [7, 11) is 0. The first-order chi connectivity index (χ1) is 12.1. The summed E-state index contributed by atoms with van der Waals surface area (Å²) in [5, 5.41) is 12.9. The summed E-state index contributed by atoms with van der Waals surface area (Å²) in [4.78, 5) is 9.68. The van der Waals surface area contributed by atoms with E-state index in [2.05, 4.69) is 30.4 Å². The second kappa shape index (κ2) is 6.36. The van der Waals surface area contributed by atoms with E-state index >= 15 is 0 Å². The Labute approximate surface area is 150 Å². The van der Waals surface area contributed by atoms with Crippen LogP contribution in [0.2, 0.25) is 5.02 Å². The molecule has 0 amide bonds. The molecule has 3 N–H and O–H groups in total. The predicted molar refractivity (Wildman–Crippen MR) is 96.1 cm³/mol. The number of benzene rings is 1. The summed E-state index contributed by atoms with van der Waals surface area (Å²) in [5.74, 6) is 1.67. The minimum atomic E-state index is 0.431. The van der Waals surface area contributed by atoms with Crippen LogP contribution in [0.5, 0.6) is 0 Å². The lowest BCUT2D eigenvalue weighted by atomic mass is 9.93. The van der Waals surface area contributed by atoms with Crippen molar-refractivity contribution < 1.29 is 0 Å². The summed E-state index contributed by atoms with van der Waals surface area (Å²) in [6.45, 7) is 3.74. The fourth-order valence-corrected chi connectivity index (χ4v) is 3.52. The Bertz CT molecular complexity index is 861. The molecule has 25 heavy (non-hydrogen) atoms. The van der Waals surface area contributed by atoms with Crippen molar-refractivity contribution in [1.82, 2.24) is 30.2 Å². The maximum atomic E-state index is 5.96. The first-order valence-electron chi connectivity index (χ1n) is 8.23. The molecule has 1 aliphatic rings. The molecular weight excluding hydrogens is 340 g/mol. The highest BCUT2D eigenvalue weighted by Crippen LogP contribution is 2.31. The number of nitrogens with zero attached hydrogens (tertiary/aromatic N) is 6. The molecule has 9 heteroatoms. The molecule has 0 unspecified atom stereocenters. The zero-order chi connectivity index (χ0) is 17.4. The highest BCUT2D eigenvalue weighted by Gasteiger charge is 2.26. The predicted octanol–water partition coefficient (Wildman–Crippen LogP) is 2.31. The van der Waals surface area contributed by atoms with Crippen LogP contribution in [0, 0.1) is 6.92 Å². The smallest absolute Gasteiger partial charge is 0.250 e. The number of anilines is 2. The van der Waals surface area contributed by atoms with E-state index < -0.39 is 0 Å². The number of hydrogen-bond donors (Lipinski definition) is 2. The largest absolute Gasteiger partial charge is 0.369 e.